The van der Waals surface area contributed by atoms with Gasteiger partial charge >= 0.3 is 0 Å². The number of aryl methyl sites for hydroxylation is 1. The van der Waals surface area contributed by atoms with Crippen LogP contribution in [0.1, 0.15) is 11.6 Å². The van der Waals surface area contributed by atoms with Crippen LogP contribution in [0.2, 0.25) is 0 Å². The lowest BCUT2D eigenvalue weighted by Crippen LogP contribution is -1.92. The van der Waals surface area contributed by atoms with Gasteiger partial charge in [-0.1, -0.05) is 12.1 Å². The maximum atomic E-state index is 10.8. The Morgan fingerprint density at radius 3 is 2.96 bits per heavy atom. The van der Waals surface area contributed by atoms with Crippen LogP contribution in [0.4, 0.5) is 5.69 Å². The van der Waals surface area contributed by atoms with Crippen molar-refractivity contribution >= 4 is 24.1 Å². The van der Waals surface area contributed by atoms with Crippen LogP contribution in [0.15, 0.2) is 45.9 Å². The molecule has 8 nitrogen and oxygen atoms in total. The molecular formula is C14H11N5O3S. The second-order valence-corrected chi connectivity index (χ2v) is 5.03. The Kier molecular flexibility index (Phi) is 3.85. The third-order valence-corrected chi connectivity index (χ3v) is 3.35. The Morgan fingerprint density at radius 1 is 1.43 bits per heavy atom. The summed E-state index contributed by atoms with van der Waals surface area (Å²) >= 11 is 5.05. The molecule has 3 rings (SSSR count). The van der Waals surface area contributed by atoms with Crippen LogP contribution >= 0.6 is 12.2 Å². The van der Waals surface area contributed by atoms with Crippen LogP contribution in [-0.2, 0) is 0 Å². The summed E-state index contributed by atoms with van der Waals surface area (Å²) in [6, 6.07) is 9.67. The third-order valence-electron chi connectivity index (χ3n) is 3.08. The summed E-state index contributed by atoms with van der Waals surface area (Å²) in [6.45, 7) is 1.76. The number of rotatable bonds is 4. The first-order valence-electron chi connectivity index (χ1n) is 6.57. The second kappa shape index (κ2) is 5.97. The van der Waals surface area contributed by atoms with Crippen molar-refractivity contribution in [2.24, 2.45) is 5.10 Å². The van der Waals surface area contributed by atoms with E-state index in [1.807, 2.05) is 0 Å². The molecule has 0 fully saturated rings. The quantitative estimate of drug-likeness (QED) is 0.342. The summed E-state index contributed by atoms with van der Waals surface area (Å²) in [7, 11) is 0. The molecule has 0 aliphatic rings. The molecule has 23 heavy (non-hydrogen) atoms. The van der Waals surface area contributed by atoms with Crippen molar-refractivity contribution < 1.29 is 9.34 Å². The molecule has 0 aliphatic carbocycles. The lowest BCUT2D eigenvalue weighted by molar-refractivity contribution is -0.384. The first-order valence-corrected chi connectivity index (χ1v) is 6.98. The highest BCUT2D eigenvalue weighted by Crippen LogP contribution is 2.25. The molecule has 116 valence electrons. The van der Waals surface area contributed by atoms with E-state index < -0.39 is 4.92 Å². The molecule has 2 aromatic heterocycles. The number of aromatic nitrogens is 3. The summed E-state index contributed by atoms with van der Waals surface area (Å²) in [4.78, 5) is 10.4. The molecule has 0 radical (unpaired) electrons. The first kappa shape index (κ1) is 14.9. The average molecular weight is 329 g/mol. The summed E-state index contributed by atoms with van der Waals surface area (Å²) < 4.78 is 7.47. The molecule has 0 spiro atoms. The van der Waals surface area contributed by atoms with Gasteiger partial charge in [0.2, 0.25) is 4.77 Å². The summed E-state index contributed by atoms with van der Waals surface area (Å²) in [5, 5.41) is 21.6. The van der Waals surface area contributed by atoms with Crippen molar-refractivity contribution in [1.29, 1.82) is 0 Å². The Bertz CT molecular complexity index is 953. The van der Waals surface area contributed by atoms with Gasteiger partial charge in [-0.3, -0.25) is 15.2 Å². The van der Waals surface area contributed by atoms with Crippen LogP contribution in [0.3, 0.4) is 0 Å². The van der Waals surface area contributed by atoms with E-state index in [2.05, 4.69) is 15.3 Å². The van der Waals surface area contributed by atoms with E-state index in [0.717, 1.165) is 0 Å². The van der Waals surface area contributed by atoms with E-state index in [1.54, 1.807) is 31.2 Å². The zero-order valence-corrected chi connectivity index (χ0v) is 12.8. The van der Waals surface area contributed by atoms with Gasteiger partial charge in [0.1, 0.15) is 17.3 Å². The second-order valence-electron chi connectivity index (χ2n) is 4.64. The van der Waals surface area contributed by atoms with Crippen molar-refractivity contribution in [3.63, 3.8) is 0 Å². The van der Waals surface area contributed by atoms with Crippen LogP contribution in [0.25, 0.3) is 11.3 Å². The number of hydrogen-bond donors (Lipinski definition) is 1. The molecule has 9 heteroatoms. The molecule has 1 N–H and O–H groups in total. The highest BCUT2D eigenvalue weighted by Gasteiger charge is 2.09. The summed E-state index contributed by atoms with van der Waals surface area (Å²) in [5.74, 6) is 1.63. The van der Waals surface area contributed by atoms with Gasteiger partial charge in [0.15, 0.2) is 0 Å². The van der Waals surface area contributed by atoms with Gasteiger partial charge in [-0.15, -0.1) is 0 Å². The van der Waals surface area contributed by atoms with Crippen molar-refractivity contribution in [2.45, 2.75) is 6.92 Å². The molecule has 0 bridgehead atoms. The van der Waals surface area contributed by atoms with E-state index in [9.17, 15) is 10.1 Å². The van der Waals surface area contributed by atoms with Crippen molar-refractivity contribution in [2.75, 3.05) is 0 Å². The number of furan rings is 1. The van der Waals surface area contributed by atoms with Crippen LogP contribution in [0, 0.1) is 21.8 Å². The molecule has 0 aliphatic heterocycles. The topological polar surface area (TPSA) is 102 Å². The minimum Gasteiger partial charge on any atom is -0.455 e. The first-order chi connectivity index (χ1) is 11.0. The Labute approximate surface area is 135 Å². The fourth-order valence-electron chi connectivity index (χ4n) is 1.97. The summed E-state index contributed by atoms with van der Waals surface area (Å²) in [5.41, 5.74) is 0.629. The zero-order chi connectivity index (χ0) is 16.4. The number of nitrogens with one attached hydrogen (secondary N) is 1. The molecule has 0 atom stereocenters. The van der Waals surface area contributed by atoms with Gasteiger partial charge in [0, 0.05) is 17.7 Å². The van der Waals surface area contributed by atoms with E-state index in [4.69, 9.17) is 16.6 Å². The van der Waals surface area contributed by atoms with Gasteiger partial charge in [0.05, 0.1) is 11.1 Å². The smallest absolute Gasteiger partial charge is 0.270 e. The number of nitro benzene ring substituents is 1. The molecular weight excluding hydrogens is 318 g/mol. The van der Waals surface area contributed by atoms with Gasteiger partial charge in [-0.05, 0) is 31.3 Å². The van der Waals surface area contributed by atoms with E-state index in [-0.39, 0.29) is 5.69 Å². The Morgan fingerprint density at radius 2 is 2.26 bits per heavy atom. The summed E-state index contributed by atoms with van der Waals surface area (Å²) in [6.07, 6.45) is 1.50. The van der Waals surface area contributed by atoms with Crippen molar-refractivity contribution in [3.05, 3.63) is 62.9 Å². The number of hydrogen-bond acceptors (Lipinski definition) is 6. The molecule has 0 saturated heterocycles. The number of H-pyrrole nitrogens is 1. The van der Waals surface area contributed by atoms with Gasteiger partial charge in [-0.25, -0.2) is 0 Å². The minimum atomic E-state index is -0.446. The molecule has 3 aromatic rings. The Hall–Kier alpha value is -3.07. The minimum absolute atomic E-state index is 0.00874. The van der Waals surface area contributed by atoms with Crippen LogP contribution in [-0.4, -0.2) is 26.0 Å². The molecule has 0 unspecified atom stereocenters. The van der Waals surface area contributed by atoms with E-state index in [0.29, 0.717) is 27.7 Å². The number of benzene rings is 1. The standard InChI is InChI=1S/C14H11N5O3S/c1-9-16-17-14(23)18(9)15-8-12-5-6-13(22-12)10-3-2-4-11(7-10)19(20)21/h2-8H,1H3,(H,17,23)/b15-8-. The van der Waals surface area contributed by atoms with Crippen LogP contribution < -0.4 is 0 Å². The predicted molar refractivity (Wildman–Crippen MR) is 85.9 cm³/mol. The number of nitro groups is 1. The van der Waals surface area contributed by atoms with Gasteiger partial charge in [0.25, 0.3) is 5.69 Å². The monoisotopic (exact) mass is 329 g/mol. The van der Waals surface area contributed by atoms with Gasteiger partial charge < -0.3 is 4.42 Å². The van der Waals surface area contributed by atoms with E-state index >= 15 is 0 Å². The number of non-ortho nitro benzene ring substituents is 1. The number of nitrogens with zero attached hydrogens (tertiary/aromatic N) is 4. The highest BCUT2D eigenvalue weighted by atomic mass is 32.1. The SMILES string of the molecule is Cc1n[nH]c(=S)n1/N=C\c1ccc(-c2cccc([N+](=O)[O-])c2)o1. The fourth-order valence-corrected chi connectivity index (χ4v) is 2.20. The molecule has 1 aromatic carbocycles. The van der Waals surface area contributed by atoms with Gasteiger partial charge in [-0.2, -0.15) is 14.9 Å². The van der Waals surface area contributed by atoms with E-state index in [1.165, 1.54) is 23.0 Å². The lowest BCUT2D eigenvalue weighted by Gasteiger charge is -1.97. The van der Waals surface area contributed by atoms with Crippen molar-refractivity contribution in [1.82, 2.24) is 14.9 Å². The highest BCUT2D eigenvalue weighted by molar-refractivity contribution is 7.71. The predicted octanol–water partition coefficient (Wildman–Crippen LogP) is 3.30. The molecule has 0 amide bonds. The largest absolute Gasteiger partial charge is 0.455 e. The molecule has 0 saturated carbocycles. The Balaban J connectivity index is 1.88. The lowest BCUT2D eigenvalue weighted by atomic mass is 10.1. The third kappa shape index (κ3) is 3.09. The zero-order valence-electron chi connectivity index (χ0n) is 12.0. The number of aromatic amines is 1. The van der Waals surface area contributed by atoms with Crippen LogP contribution in [0.5, 0.6) is 0 Å². The average Bonchev–Trinajstić information content (AvgIpc) is 3.13. The maximum Gasteiger partial charge on any atom is 0.270 e. The molecule has 2 heterocycles. The normalized spacial score (nSPS) is 11.2. The fraction of sp³-hybridized carbons (Fsp3) is 0.0714. The van der Waals surface area contributed by atoms with Crippen molar-refractivity contribution in [3.8, 4) is 11.3 Å². The maximum absolute atomic E-state index is 10.8.